The van der Waals surface area contributed by atoms with Gasteiger partial charge in [-0.3, -0.25) is 24.1 Å². The molecule has 2 saturated heterocycles. The molecular weight excluding hydrogens is 991 g/mol. The van der Waals surface area contributed by atoms with Gasteiger partial charge in [-0.1, -0.05) is 45.0 Å². The Labute approximate surface area is 431 Å². The van der Waals surface area contributed by atoms with Gasteiger partial charge >= 0.3 is 6.18 Å². The van der Waals surface area contributed by atoms with Gasteiger partial charge in [-0.05, 0) is 112 Å². The maximum absolute atomic E-state index is 15.3. The molecule has 3 aromatic carbocycles. The fraction of sp³-hybridized carbons (Fsp3) is 0.481. The summed E-state index contributed by atoms with van der Waals surface area (Å²) in [5.74, 6) is -2.78. The van der Waals surface area contributed by atoms with E-state index in [2.05, 4.69) is 15.6 Å². The van der Waals surface area contributed by atoms with Gasteiger partial charge in [-0.25, -0.2) is 9.37 Å². The van der Waals surface area contributed by atoms with E-state index in [9.17, 15) is 42.7 Å². The molecule has 0 radical (unpaired) electrons. The molecule has 2 fully saturated rings. The Kier molecular flexibility index (Phi) is 18.4. The number of carbonyl (C=O) groups is 4. The molecule has 3 heterocycles. The van der Waals surface area contributed by atoms with E-state index in [1.807, 2.05) is 38.1 Å². The van der Waals surface area contributed by atoms with E-state index in [1.165, 1.54) is 47.9 Å². The SMILES string of the molecule is Cc1ncsc1-c1ccc([C@H](C)NC(=O)[C@@H]2C[C@@H](O)CN2C(=O)C(NC(=O)COCCCOCCCCCOc2ccc(N3C(=S)N(c4ccc(C#N)c(C(F)(F)F)c4)C(=O)C3(C)C)cc2F)C(C)(C)C)cc1. The fourth-order valence-electron chi connectivity index (χ4n) is 8.62. The van der Waals surface area contributed by atoms with Crippen LogP contribution in [0.3, 0.4) is 0 Å². The van der Waals surface area contributed by atoms with Gasteiger partial charge in [0.05, 0.1) is 57.7 Å². The van der Waals surface area contributed by atoms with Crippen LogP contribution in [0.1, 0.15) is 102 Å². The summed E-state index contributed by atoms with van der Waals surface area (Å²) in [5.41, 5.74) is 0.716. The number of alkyl halides is 3. The largest absolute Gasteiger partial charge is 0.491 e. The summed E-state index contributed by atoms with van der Waals surface area (Å²) in [6.45, 7) is 13.2. The number of β-amino-alcohol motifs (C(OH)–C–C–N with tert-alkyl or cyclic N) is 1. The maximum Gasteiger partial charge on any atom is 0.417 e. The van der Waals surface area contributed by atoms with E-state index in [1.54, 1.807) is 37.6 Å². The lowest BCUT2D eigenvalue weighted by molar-refractivity contribution is -0.144. The van der Waals surface area contributed by atoms with Crippen LogP contribution >= 0.6 is 23.6 Å². The number of aliphatic hydroxyl groups excluding tert-OH is 1. The maximum atomic E-state index is 15.3. The number of carbonyl (C=O) groups excluding carboxylic acids is 4. The third-order valence-corrected chi connectivity index (χ3v) is 13.9. The molecule has 73 heavy (non-hydrogen) atoms. The Morgan fingerprint density at radius 3 is 2.27 bits per heavy atom. The van der Waals surface area contributed by atoms with Crippen molar-refractivity contribution in [3.8, 4) is 22.3 Å². The van der Waals surface area contributed by atoms with Crippen LogP contribution in [-0.4, -0.2) is 107 Å². The number of hydrogen-bond donors (Lipinski definition) is 3. The number of nitrogens with one attached hydrogen (secondary N) is 2. The molecular formula is C52H61F4N7O8S2. The van der Waals surface area contributed by atoms with Gasteiger partial charge in [0.25, 0.3) is 5.91 Å². The minimum Gasteiger partial charge on any atom is -0.491 e. The number of nitrogens with zero attached hydrogens (tertiary/aromatic N) is 5. The van der Waals surface area contributed by atoms with Crippen molar-refractivity contribution in [1.29, 1.82) is 5.26 Å². The highest BCUT2D eigenvalue weighted by atomic mass is 32.1. The van der Waals surface area contributed by atoms with Crippen LogP contribution in [0.15, 0.2) is 66.2 Å². The molecule has 0 aliphatic carbocycles. The zero-order valence-electron chi connectivity index (χ0n) is 41.8. The molecule has 1 aromatic heterocycles. The van der Waals surface area contributed by atoms with Gasteiger partial charge in [0.1, 0.15) is 24.2 Å². The van der Waals surface area contributed by atoms with Crippen LogP contribution in [0.2, 0.25) is 0 Å². The average Bonchev–Trinajstić information content (AvgIpc) is 4.00. The average molecular weight is 1050 g/mol. The number of nitriles is 1. The number of likely N-dealkylation sites (tertiary alicyclic amines) is 1. The van der Waals surface area contributed by atoms with E-state index in [-0.39, 0.29) is 61.1 Å². The van der Waals surface area contributed by atoms with Gasteiger partial charge in [-0.15, -0.1) is 11.3 Å². The Bertz CT molecular complexity index is 2690. The molecule has 392 valence electrons. The second-order valence-corrected chi connectivity index (χ2v) is 20.8. The third-order valence-electron chi connectivity index (χ3n) is 12.6. The monoisotopic (exact) mass is 1050 g/mol. The van der Waals surface area contributed by atoms with Crippen molar-refractivity contribution in [2.45, 2.75) is 117 Å². The molecule has 15 nitrogen and oxygen atoms in total. The minimum atomic E-state index is -4.85. The number of aliphatic hydroxyl groups is 1. The number of ether oxygens (including phenoxy) is 3. The van der Waals surface area contributed by atoms with Gasteiger partial charge in [-0.2, -0.15) is 18.4 Å². The summed E-state index contributed by atoms with van der Waals surface area (Å²) >= 11 is 7.10. The van der Waals surface area contributed by atoms with Crippen LogP contribution in [-0.2, 0) is 34.8 Å². The number of aryl methyl sites for hydroxylation is 1. The first-order valence-corrected chi connectivity index (χ1v) is 25.2. The summed E-state index contributed by atoms with van der Waals surface area (Å²) in [6.07, 6.45) is -3.19. The predicted octanol–water partition coefficient (Wildman–Crippen LogP) is 8.41. The van der Waals surface area contributed by atoms with Crippen molar-refractivity contribution in [3.63, 3.8) is 0 Å². The van der Waals surface area contributed by atoms with Gasteiger partial charge < -0.3 is 39.8 Å². The lowest BCUT2D eigenvalue weighted by Crippen LogP contribution is -2.58. The first kappa shape index (κ1) is 56.2. The quantitative estimate of drug-likeness (QED) is 0.0412. The summed E-state index contributed by atoms with van der Waals surface area (Å²) in [4.78, 5) is 63.3. The number of anilines is 2. The van der Waals surface area contributed by atoms with Crippen LogP contribution in [0.25, 0.3) is 10.4 Å². The number of unbranched alkanes of at least 4 members (excludes halogenated alkanes) is 2. The van der Waals surface area contributed by atoms with Crippen LogP contribution in [0, 0.1) is 29.5 Å². The van der Waals surface area contributed by atoms with Crippen LogP contribution < -0.4 is 25.2 Å². The van der Waals surface area contributed by atoms with Crippen molar-refractivity contribution in [3.05, 3.63) is 94.4 Å². The molecule has 4 amide bonds. The molecule has 21 heteroatoms. The first-order valence-electron chi connectivity index (χ1n) is 23.9. The molecule has 2 aliphatic heterocycles. The molecule has 0 saturated carbocycles. The molecule has 2 aliphatic rings. The van der Waals surface area contributed by atoms with Gasteiger partial charge in [0, 0.05) is 44.5 Å². The number of hydrogen-bond acceptors (Lipinski definition) is 12. The lowest BCUT2D eigenvalue weighted by atomic mass is 9.85. The molecule has 1 unspecified atom stereocenters. The van der Waals surface area contributed by atoms with Crippen LogP contribution in [0.5, 0.6) is 5.75 Å². The minimum absolute atomic E-state index is 0.0334. The molecule has 4 aromatic rings. The Morgan fingerprint density at radius 2 is 1.63 bits per heavy atom. The van der Waals surface area contributed by atoms with Crippen molar-refractivity contribution in [2.75, 3.05) is 49.4 Å². The zero-order chi connectivity index (χ0) is 53.4. The van der Waals surface area contributed by atoms with E-state index < -0.39 is 75.9 Å². The topological polar surface area (TPSA) is 187 Å². The number of thiocarbonyl (C=S) groups is 1. The standard InChI is InChI=1S/C52H61F4N7O8S2/c1-31(33-12-14-34(15-13-33)44-32(2)58-30-73-44)59-46(66)41-26-38(64)28-61(41)47(67)45(50(3,4)5)60-43(65)29-70-22-11-21-69-20-9-8-10-23-71-42-19-18-37(25-40(42)53)63-49(72)62(48(68)51(63,6)7)36-17-16-35(27-57)39(24-36)52(54,55)56/h12-19,24-25,30-31,38,41,45,64H,8-11,20-23,26,28-29H2,1-7H3,(H,59,66)(H,60,65)/t31-,38+,41-,45?/m0/s1. The molecule has 6 rings (SSSR count). The number of rotatable bonds is 21. The number of aromatic nitrogens is 1. The first-order chi connectivity index (χ1) is 34.4. The Hall–Kier alpha value is -6.05. The van der Waals surface area contributed by atoms with Crippen molar-refractivity contribution < 1.29 is 56.1 Å². The van der Waals surface area contributed by atoms with E-state index in [0.717, 1.165) is 38.7 Å². The summed E-state index contributed by atoms with van der Waals surface area (Å²) in [7, 11) is 0. The molecule has 4 atom stereocenters. The summed E-state index contributed by atoms with van der Waals surface area (Å²) in [6, 6.07) is 14.0. The predicted molar refractivity (Wildman–Crippen MR) is 271 cm³/mol. The number of amides is 4. The lowest BCUT2D eigenvalue weighted by Gasteiger charge is -2.35. The second kappa shape index (κ2) is 23.9. The molecule has 3 N–H and O–H groups in total. The van der Waals surface area contributed by atoms with Crippen molar-refractivity contribution in [2.24, 2.45) is 5.41 Å². The summed E-state index contributed by atoms with van der Waals surface area (Å²) < 4.78 is 73.4. The summed E-state index contributed by atoms with van der Waals surface area (Å²) in [5, 5.41) is 25.4. The van der Waals surface area contributed by atoms with Gasteiger partial charge in [0.2, 0.25) is 17.7 Å². The molecule has 0 bridgehead atoms. The Morgan fingerprint density at radius 1 is 0.959 bits per heavy atom. The normalized spacial score (nSPS) is 17.7. The van der Waals surface area contributed by atoms with Crippen molar-refractivity contribution in [1.82, 2.24) is 20.5 Å². The third kappa shape index (κ3) is 13.6. The highest BCUT2D eigenvalue weighted by molar-refractivity contribution is 7.81. The van der Waals surface area contributed by atoms with E-state index in [0.29, 0.717) is 45.0 Å². The highest BCUT2D eigenvalue weighted by Crippen LogP contribution is 2.41. The highest BCUT2D eigenvalue weighted by Gasteiger charge is 2.51. The van der Waals surface area contributed by atoms with Gasteiger partial charge in [0.15, 0.2) is 16.7 Å². The van der Waals surface area contributed by atoms with Crippen LogP contribution in [0.4, 0.5) is 28.9 Å². The number of thiazole rings is 1. The number of benzene rings is 3. The fourth-order valence-corrected chi connectivity index (χ4v) is 9.95. The van der Waals surface area contributed by atoms with E-state index in [4.69, 9.17) is 26.4 Å². The smallest absolute Gasteiger partial charge is 0.417 e. The molecule has 0 spiro atoms. The zero-order valence-corrected chi connectivity index (χ0v) is 43.4. The number of halogens is 4. The van der Waals surface area contributed by atoms with Crippen molar-refractivity contribution >= 4 is 63.7 Å². The second-order valence-electron chi connectivity index (χ2n) is 19.6. The Balaban J connectivity index is 0.871. The van der Waals surface area contributed by atoms with E-state index >= 15 is 4.39 Å².